The van der Waals surface area contributed by atoms with Crippen LogP contribution in [-0.4, -0.2) is 31.7 Å². The third-order valence-electron chi connectivity index (χ3n) is 4.28. The Balaban J connectivity index is 1.53. The molecular weight excluding hydrogens is 446 g/mol. The second-order valence-corrected chi connectivity index (χ2v) is 7.55. The number of hydrazone groups is 1. The summed E-state index contributed by atoms with van der Waals surface area (Å²) < 4.78 is 16.9. The van der Waals surface area contributed by atoms with Crippen LogP contribution in [0.15, 0.2) is 71.8 Å². The smallest absolute Gasteiger partial charge is 0.191 e. The molecule has 0 atom stereocenters. The molecule has 3 rings (SSSR count). The Kier molecular flexibility index (Phi) is 8.71. The molecule has 0 amide bonds. The Bertz CT molecular complexity index is 1060. The summed E-state index contributed by atoms with van der Waals surface area (Å²) in [6, 6.07) is 20.9. The van der Waals surface area contributed by atoms with Gasteiger partial charge in [-0.2, -0.15) is 5.10 Å². The van der Waals surface area contributed by atoms with E-state index in [0.29, 0.717) is 34.8 Å². The van der Waals surface area contributed by atoms with Crippen LogP contribution in [0.2, 0.25) is 5.02 Å². The molecule has 6 nitrogen and oxygen atoms in total. The normalized spacial score (nSPS) is 10.6. The summed E-state index contributed by atoms with van der Waals surface area (Å²) >= 11 is 11.6. The molecule has 0 unspecified atom stereocenters. The lowest BCUT2D eigenvalue weighted by molar-refractivity contribution is 0.211. The van der Waals surface area contributed by atoms with Crippen molar-refractivity contribution in [3.8, 4) is 17.2 Å². The number of benzene rings is 3. The van der Waals surface area contributed by atoms with Gasteiger partial charge >= 0.3 is 0 Å². The third-order valence-corrected chi connectivity index (χ3v) is 4.76. The molecule has 166 valence electrons. The van der Waals surface area contributed by atoms with Crippen molar-refractivity contribution in [2.45, 2.75) is 6.92 Å². The fourth-order valence-corrected chi connectivity index (χ4v) is 3.18. The number of anilines is 1. The molecule has 2 N–H and O–H groups in total. The van der Waals surface area contributed by atoms with E-state index in [9.17, 15) is 0 Å². The number of hydrogen-bond donors (Lipinski definition) is 2. The van der Waals surface area contributed by atoms with E-state index in [1.807, 2.05) is 61.5 Å². The second-order valence-electron chi connectivity index (χ2n) is 6.73. The molecule has 0 radical (unpaired) electrons. The van der Waals surface area contributed by atoms with Gasteiger partial charge in [0.2, 0.25) is 0 Å². The SMILES string of the molecule is COc1cc(/C=N/NC(=S)Nc2ccccc2)cc(Cl)c1OCCOc1ccc(C)cc1. The summed E-state index contributed by atoms with van der Waals surface area (Å²) in [5, 5.41) is 7.97. The Hall–Kier alpha value is -3.29. The number of nitrogens with one attached hydrogen (secondary N) is 2. The largest absolute Gasteiger partial charge is 0.493 e. The minimum Gasteiger partial charge on any atom is -0.493 e. The second kappa shape index (κ2) is 11.9. The molecule has 3 aromatic rings. The molecule has 0 aliphatic heterocycles. The molecule has 8 heteroatoms. The van der Waals surface area contributed by atoms with Gasteiger partial charge < -0.3 is 19.5 Å². The lowest BCUT2D eigenvalue weighted by Crippen LogP contribution is -2.23. The number of nitrogens with zero attached hydrogens (tertiary/aromatic N) is 1. The van der Waals surface area contributed by atoms with E-state index in [2.05, 4.69) is 15.8 Å². The summed E-state index contributed by atoms with van der Waals surface area (Å²) in [5.41, 5.74) is 5.55. The van der Waals surface area contributed by atoms with Crippen LogP contribution >= 0.6 is 23.8 Å². The zero-order valence-electron chi connectivity index (χ0n) is 17.8. The Labute approximate surface area is 198 Å². The van der Waals surface area contributed by atoms with Crippen molar-refractivity contribution in [1.82, 2.24) is 5.43 Å². The Morgan fingerprint density at radius 2 is 1.75 bits per heavy atom. The van der Waals surface area contributed by atoms with Gasteiger partial charge in [-0.1, -0.05) is 47.5 Å². The molecule has 0 heterocycles. The van der Waals surface area contributed by atoms with Crippen molar-refractivity contribution in [3.63, 3.8) is 0 Å². The van der Waals surface area contributed by atoms with Gasteiger partial charge in [-0.3, -0.25) is 5.43 Å². The summed E-state index contributed by atoms with van der Waals surface area (Å²) in [6.45, 7) is 2.72. The van der Waals surface area contributed by atoms with Crippen molar-refractivity contribution in [2.75, 3.05) is 25.6 Å². The number of para-hydroxylation sites is 1. The molecule has 0 fully saturated rings. The maximum atomic E-state index is 6.41. The lowest BCUT2D eigenvalue weighted by Gasteiger charge is -2.14. The number of aryl methyl sites for hydroxylation is 1. The molecule has 0 spiro atoms. The molecule has 0 saturated heterocycles. The van der Waals surface area contributed by atoms with E-state index in [-0.39, 0.29) is 0 Å². The van der Waals surface area contributed by atoms with Gasteiger partial charge in [0.1, 0.15) is 19.0 Å². The molecular formula is C24H24ClN3O3S. The van der Waals surface area contributed by atoms with Crippen LogP contribution in [0.25, 0.3) is 0 Å². The van der Waals surface area contributed by atoms with Crippen LogP contribution in [0.1, 0.15) is 11.1 Å². The fraction of sp³-hybridized carbons (Fsp3) is 0.167. The van der Waals surface area contributed by atoms with Crippen LogP contribution in [0.5, 0.6) is 17.2 Å². The number of hydrogen-bond acceptors (Lipinski definition) is 5. The fourth-order valence-electron chi connectivity index (χ4n) is 2.74. The van der Waals surface area contributed by atoms with Gasteiger partial charge in [0.05, 0.1) is 18.3 Å². The summed E-state index contributed by atoms with van der Waals surface area (Å²) in [7, 11) is 1.55. The molecule has 0 aliphatic rings. The average Bonchev–Trinajstić information content (AvgIpc) is 2.79. The van der Waals surface area contributed by atoms with Gasteiger partial charge in [0, 0.05) is 5.69 Å². The van der Waals surface area contributed by atoms with Crippen molar-refractivity contribution in [2.24, 2.45) is 5.10 Å². The monoisotopic (exact) mass is 469 g/mol. The highest BCUT2D eigenvalue weighted by Crippen LogP contribution is 2.36. The predicted molar refractivity (Wildman–Crippen MR) is 134 cm³/mol. The predicted octanol–water partition coefficient (Wildman–Crippen LogP) is 5.44. The van der Waals surface area contributed by atoms with Crippen molar-refractivity contribution in [1.29, 1.82) is 0 Å². The first-order valence-electron chi connectivity index (χ1n) is 9.90. The number of rotatable bonds is 9. The minimum absolute atomic E-state index is 0.318. The van der Waals surface area contributed by atoms with Gasteiger partial charge in [-0.15, -0.1) is 0 Å². The Morgan fingerprint density at radius 3 is 2.47 bits per heavy atom. The highest BCUT2D eigenvalue weighted by Gasteiger charge is 2.12. The van der Waals surface area contributed by atoms with Crippen molar-refractivity contribution >= 4 is 40.8 Å². The zero-order valence-corrected chi connectivity index (χ0v) is 19.4. The maximum absolute atomic E-state index is 6.41. The van der Waals surface area contributed by atoms with Crippen LogP contribution in [0, 0.1) is 6.92 Å². The van der Waals surface area contributed by atoms with Crippen molar-refractivity contribution in [3.05, 3.63) is 82.9 Å². The quantitative estimate of drug-likeness (QED) is 0.188. The number of methoxy groups -OCH3 is 1. The maximum Gasteiger partial charge on any atom is 0.191 e. The van der Waals surface area contributed by atoms with Crippen LogP contribution < -0.4 is 25.0 Å². The van der Waals surface area contributed by atoms with E-state index in [1.165, 1.54) is 5.56 Å². The van der Waals surface area contributed by atoms with E-state index in [1.54, 1.807) is 25.5 Å². The van der Waals surface area contributed by atoms with Crippen LogP contribution in [0.3, 0.4) is 0 Å². The topological polar surface area (TPSA) is 64.1 Å². The van der Waals surface area contributed by atoms with E-state index < -0.39 is 0 Å². The third kappa shape index (κ3) is 7.14. The van der Waals surface area contributed by atoms with Gasteiger partial charge in [0.25, 0.3) is 0 Å². The summed E-state index contributed by atoms with van der Waals surface area (Å²) in [6.07, 6.45) is 1.59. The molecule has 0 bridgehead atoms. The summed E-state index contributed by atoms with van der Waals surface area (Å²) in [5.74, 6) is 1.74. The van der Waals surface area contributed by atoms with Crippen LogP contribution in [-0.2, 0) is 0 Å². The number of thiocarbonyl (C=S) groups is 1. The first-order chi connectivity index (χ1) is 15.5. The number of ether oxygens (including phenoxy) is 3. The van der Waals surface area contributed by atoms with Crippen LogP contribution in [0.4, 0.5) is 5.69 Å². The van der Waals surface area contributed by atoms with E-state index >= 15 is 0 Å². The van der Waals surface area contributed by atoms with Crippen molar-refractivity contribution < 1.29 is 14.2 Å². The van der Waals surface area contributed by atoms with Gasteiger partial charge in [-0.25, -0.2) is 0 Å². The molecule has 3 aromatic carbocycles. The standard InChI is InChI=1S/C24H24ClN3O3S/c1-17-8-10-20(11-9-17)30-12-13-31-23-21(25)14-18(15-22(23)29-2)16-26-28-24(32)27-19-6-4-3-5-7-19/h3-11,14-16H,12-13H2,1-2H3,(H2,27,28,32)/b26-16+. The Morgan fingerprint density at radius 1 is 1.03 bits per heavy atom. The van der Waals surface area contributed by atoms with E-state index in [0.717, 1.165) is 17.0 Å². The van der Waals surface area contributed by atoms with E-state index in [4.69, 9.17) is 38.0 Å². The first-order valence-corrected chi connectivity index (χ1v) is 10.7. The molecule has 32 heavy (non-hydrogen) atoms. The average molecular weight is 470 g/mol. The van der Waals surface area contributed by atoms with Gasteiger partial charge in [-0.05, 0) is 61.1 Å². The highest BCUT2D eigenvalue weighted by molar-refractivity contribution is 7.80. The molecule has 0 aliphatic carbocycles. The lowest BCUT2D eigenvalue weighted by atomic mass is 10.2. The first kappa shape index (κ1) is 23.4. The summed E-state index contributed by atoms with van der Waals surface area (Å²) in [4.78, 5) is 0. The molecule has 0 aromatic heterocycles. The highest BCUT2D eigenvalue weighted by atomic mass is 35.5. The van der Waals surface area contributed by atoms with Gasteiger partial charge in [0.15, 0.2) is 16.6 Å². The molecule has 0 saturated carbocycles. The zero-order chi connectivity index (χ0) is 22.8. The minimum atomic E-state index is 0.318. The number of halogens is 1.